The number of nitrogens with one attached hydrogen (secondary N) is 1. The van der Waals surface area contributed by atoms with Crippen LogP contribution in [0.4, 0.5) is 5.69 Å². The minimum absolute atomic E-state index is 0.00767. The number of benzene rings is 1. The lowest BCUT2D eigenvalue weighted by Gasteiger charge is -2.27. The van der Waals surface area contributed by atoms with Gasteiger partial charge < -0.3 is 20.5 Å². The van der Waals surface area contributed by atoms with E-state index in [4.69, 9.17) is 10.5 Å². The highest BCUT2D eigenvalue weighted by molar-refractivity contribution is 5.98. The van der Waals surface area contributed by atoms with Gasteiger partial charge in [0.1, 0.15) is 0 Å². The van der Waals surface area contributed by atoms with Crippen molar-refractivity contribution in [2.45, 2.75) is 12.5 Å². The summed E-state index contributed by atoms with van der Waals surface area (Å²) in [5.41, 5.74) is 5.20. The number of hydrogen-bond acceptors (Lipinski definition) is 5. The zero-order valence-corrected chi connectivity index (χ0v) is 11.2. The molecule has 1 atom stereocenters. The second-order valence-electron chi connectivity index (χ2n) is 4.34. The number of nitrogen functional groups attached to an aromatic ring is 1. The predicted molar refractivity (Wildman–Crippen MR) is 70.6 cm³/mol. The van der Waals surface area contributed by atoms with Crippen molar-refractivity contribution in [1.29, 1.82) is 0 Å². The van der Waals surface area contributed by atoms with Crippen molar-refractivity contribution in [2.24, 2.45) is 0 Å². The molecule has 6 nitrogen and oxygen atoms in total. The van der Waals surface area contributed by atoms with Crippen molar-refractivity contribution in [2.75, 3.05) is 26.6 Å². The van der Waals surface area contributed by atoms with Crippen LogP contribution in [0.1, 0.15) is 17.3 Å². The van der Waals surface area contributed by atoms with Gasteiger partial charge in [0.15, 0.2) is 5.54 Å². The standard InChI is InChI=1S/C13H18N2O4/c1-13(8-18-2,12(17)19-3)15-11(16)9-5-4-6-10(14)7-9/h4-7H,8,14H2,1-3H3,(H,15,16). The Hall–Kier alpha value is -2.08. The molecule has 0 radical (unpaired) electrons. The molecular weight excluding hydrogens is 248 g/mol. The maximum Gasteiger partial charge on any atom is 0.333 e. The summed E-state index contributed by atoms with van der Waals surface area (Å²) >= 11 is 0. The van der Waals surface area contributed by atoms with E-state index in [0.29, 0.717) is 11.3 Å². The van der Waals surface area contributed by atoms with Crippen LogP contribution in [0.2, 0.25) is 0 Å². The summed E-state index contributed by atoms with van der Waals surface area (Å²) in [7, 11) is 2.69. The Balaban J connectivity index is 2.91. The lowest BCUT2D eigenvalue weighted by atomic mass is 10.0. The fraction of sp³-hybridized carbons (Fsp3) is 0.385. The lowest BCUT2D eigenvalue weighted by Crippen LogP contribution is -2.55. The van der Waals surface area contributed by atoms with Gasteiger partial charge in [-0.15, -0.1) is 0 Å². The molecular formula is C13H18N2O4. The Morgan fingerprint density at radius 1 is 1.37 bits per heavy atom. The zero-order valence-electron chi connectivity index (χ0n) is 11.2. The normalized spacial score (nSPS) is 13.4. The number of carbonyl (C=O) groups excluding carboxylic acids is 2. The molecule has 19 heavy (non-hydrogen) atoms. The largest absolute Gasteiger partial charge is 0.467 e. The molecule has 1 unspecified atom stereocenters. The molecule has 0 saturated heterocycles. The second kappa shape index (κ2) is 6.19. The summed E-state index contributed by atoms with van der Waals surface area (Å²) < 4.78 is 9.62. The van der Waals surface area contributed by atoms with Crippen LogP contribution < -0.4 is 11.1 Å². The van der Waals surface area contributed by atoms with Crippen LogP contribution in [0.25, 0.3) is 0 Å². The number of amides is 1. The fourth-order valence-corrected chi connectivity index (χ4v) is 1.66. The van der Waals surface area contributed by atoms with Gasteiger partial charge in [0.2, 0.25) is 0 Å². The molecule has 1 aromatic carbocycles. The average molecular weight is 266 g/mol. The molecule has 0 aliphatic carbocycles. The zero-order chi connectivity index (χ0) is 14.5. The summed E-state index contributed by atoms with van der Waals surface area (Å²) in [6, 6.07) is 6.47. The van der Waals surface area contributed by atoms with Crippen molar-refractivity contribution in [3.8, 4) is 0 Å². The van der Waals surface area contributed by atoms with Crippen molar-refractivity contribution in [3.63, 3.8) is 0 Å². The summed E-state index contributed by atoms with van der Waals surface area (Å²) in [6.07, 6.45) is 0. The smallest absolute Gasteiger partial charge is 0.333 e. The first-order chi connectivity index (χ1) is 8.92. The lowest BCUT2D eigenvalue weighted by molar-refractivity contribution is -0.149. The van der Waals surface area contributed by atoms with Gasteiger partial charge >= 0.3 is 5.97 Å². The summed E-state index contributed by atoms with van der Waals surface area (Å²) in [5.74, 6) is -0.996. The molecule has 0 heterocycles. The fourth-order valence-electron chi connectivity index (χ4n) is 1.66. The number of esters is 1. The van der Waals surface area contributed by atoms with E-state index >= 15 is 0 Å². The highest BCUT2D eigenvalue weighted by atomic mass is 16.5. The monoisotopic (exact) mass is 266 g/mol. The van der Waals surface area contributed by atoms with Gasteiger partial charge in [-0.25, -0.2) is 4.79 Å². The third kappa shape index (κ3) is 3.69. The first kappa shape index (κ1) is 15.0. The highest BCUT2D eigenvalue weighted by Crippen LogP contribution is 2.11. The molecule has 0 bridgehead atoms. The van der Waals surface area contributed by atoms with Gasteiger partial charge in [-0.1, -0.05) is 6.07 Å². The highest BCUT2D eigenvalue weighted by Gasteiger charge is 2.36. The molecule has 104 valence electrons. The summed E-state index contributed by atoms with van der Waals surface area (Å²) in [4.78, 5) is 23.8. The quantitative estimate of drug-likeness (QED) is 0.601. The van der Waals surface area contributed by atoms with E-state index < -0.39 is 17.4 Å². The van der Waals surface area contributed by atoms with E-state index in [9.17, 15) is 9.59 Å². The van der Waals surface area contributed by atoms with Gasteiger partial charge in [-0.3, -0.25) is 4.79 Å². The first-order valence-electron chi connectivity index (χ1n) is 5.68. The second-order valence-corrected chi connectivity index (χ2v) is 4.34. The van der Waals surface area contributed by atoms with E-state index in [2.05, 4.69) is 10.1 Å². The molecule has 0 spiro atoms. The van der Waals surface area contributed by atoms with Crippen molar-refractivity contribution < 1.29 is 19.1 Å². The number of anilines is 1. The molecule has 1 aromatic rings. The minimum Gasteiger partial charge on any atom is -0.467 e. The summed E-state index contributed by atoms with van der Waals surface area (Å²) in [6.45, 7) is 1.54. The van der Waals surface area contributed by atoms with Gasteiger partial charge in [-0.2, -0.15) is 0 Å². The summed E-state index contributed by atoms with van der Waals surface area (Å²) in [5, 5.41) is 2.59. The number of methoxy groups -OCH3 is 2. The Bertz CT molecular complexity index is 475. The molecule has 3 N–H and O–H groups in total. The van der Waals surface area contributed by atoms with Crippen LogP contribution in [0.3, 0.4) is 0 Å². The third-order valence-electron chi connectivity index (χ3n) is 2.61. The number of hydrogen-bond donors (Lipinski definition) is 2. The minimum atomic E-state index is -1.24. The molecule has 0 aliphatic heterocycles. The van der Waals surface area contributed by atoms with Crippen LogP contribution in [-0.2, 0) is 14.3 Å². The van der Waals surface area contributed by atoms with Gasteiger partial charge in [-0.05, 0) is 25.1 Å². The predicted octanol–water partition coefficient (Wildman–Crippen LogP) is 0.577. The van der Waals surface area contributed by atoms with E-state index in [1.54, 1.807) is 18.2 Å². The number of rotatable bonds is 5. The van der Waals surface area contributed by atoms with Crippen LogP contribution in [-0.4, -0.2) is 38.2 Å². The van der Waals surface area contributed by atoms with Gasteiger partial charge in [0, 0.05) is 18.4 Å². The molecule has 6 heteroatoms. The van der Waals surface area contributed by atoms with Gasteiger partial charge in [0.05, 0.1) is 13.7 Å². The molecule has 1 amide bonds. The Morgan fingerprint density at radius 2 is 2.05 bits per heavy atom. The Kier molecular flexibility index (Phi) is 4.88. The van der Waals surface area contributed by atoms with Crippen molar-refractivity contribution in [1.82, 2.24) is 5.32 Å². The SMILES string of the molecule is COCC(C)(NC(=O)c1cccc(N)c1)C(=O)OC. The van der Waals surface area contributed by atoms with E-state index in [-0.39, 0.29) is 6.61 Å². The Labute approximate surface area is 111 Å². The van der Waals surface area contributed by atoms with E-state index in [1.807, 2.05) is 0 Å². The van der Waals surface area contributed by atoms with Crippen LogP contribution in [0, 0.1) is 0 Å². The van der Waals surface area contributed by atoms with Crippen LogP contribution in [0.15, 0.2) is 24.3 Å². The average Bonchev–Trinajstić information content (AvgIpc) is 2.37. The van der Waals surface area contributed by atoms with Crippen LogP contribution in [0.5, 0.6) is 0 Å². The molecule has 1 rings (SSSR count). The van der Waals surface area contributed by atoms with Crippen molar-refractivity contribution >= 4 is 17.6 Å². The number of ether oxygens (including phenoxy) is 2. The molecule has 0 saturated carbocycles. The Morgan fingerprint density at radius 3 is 2.58 bits per heavy atom. The maximum atomic E-state index is 12.1. The number of nitrogens with two attached hydrogens (primary N) is 1. The molecule has 0 fully saturated rings. The van der Waals surface area contributed by atoms with E-state index in [0.717, 1.165) is 0 Å². The topological polar surface area (TPSA) is 90.6 Å². The van der Waals surface area contributed by atoms with E-state index in [1.165, 1.54) is 27.2 Å². The van der Waals surface area contributed by atoms with Crippen molar-refractivity contribution in [3.05, 3.63) is 29.8 Å². The van der Waals surface area contributed by atoms with Gasteiger partial charge in [0.25, 0.3) is 5.91 Å². The molecule has 0 aliphatic rings. The first-order valence-corrected chi connectivity index (χ1v) is 5.68. The molecule has 0 aromatic heterocycles. The number of carbonyl (C=O) groups is 2. The maximum absolute atomic E-state index is 12.1. The van der Waals surface area contributed by atoms with Crippen LogP contribution >= 0.6 is 0 Å². The third-order valence-corrected chi connectivity index (χ3v) is 2.61.